The Hall–Kier alpha value is -1.09. The predicted molar refractivity (Wildman–Crippen MR) is 67.1 cm³/mol. The first-order valence-electron chi connectivity index (χ1n) is 6.42. The molecule has 3 nitrogen and oxygen atoms in total. The number of carbonyl (C=O) groups excluding carboxylic acids is 1. The third-order valence-corrected chi connectivity index (χ3v) is 3.49. The number of hydrogen-bond acceptors (Lipinski definition) is 2. The number of nitrogens with zero attached hydrogens (tertiary/aromatic N) is 1. The largest absolute Gasteiger partial charge is 0.370 e. The van der Waals surface area contributed by atoms with Gasteiger partial charge < -0.3 is 9.30 Å². The number of aryl methyl sites for hydroxylation is 1. The minimum Gasteiger partial charge on any atom is -0.370 e. The Labute approximate surface area is 103 Å². The van der Waals surface area contributed by atoms with Gasteiger partial charge in [0.2, 0.25) is 0 Å². The van der Waals surface area contributed by atoms with Crippen LogP contribution in [0.4, 0.5) is 0 Å². The fourth-order valence-electron chi connectivity index (χ4n) is 2.47. The number of hydrogen-bond donors (Lipinski definition) is 0. The molecule has 1 aromatic heterocycles. The van der Waals surface area contributed by atoms with Gasteiger partial charge in [-0.25, -0.2) is 0 Å². The maximum absolute atomic E-state index is 11.8. The molecule has 0 radical (unpaired) electrons. The standard InChI is InChI=1S/C14H21NO2/c1-11-4-3-5-13(8-11)17-10-14(16)12-6-7-15(2)9-12/h6-7,9,11,13H,3-5,8,10H2,1-2H3. The smallest absolute Gasteiger partial charge is 0.189 e. The summed E-state index contributed by atoms with van der Waals surface area (Å²) < 4.78 is 7.60. The molecule has 0 bridgehead atoms. The molecule has 0 aliphatic heterocycles. The quantitative estimate of drug-likeness (QED) is 0.751. The Morgan fingerprint density at radius 2 is 2.35 bits per heavy atom. The van der Waals surface area contributed by atoms with Gasteiger partial charge in [-0.2, -0.15) is 0 Å². The summed E-state index contributed by atoms with van der Waals surface area (Å²) in [6.07, 6.45) is 8.74. The van der Waals surface area contributed by atoms with Crippen molar-refractivity contribution < 1.29 is 9.53 Å². The van der Waals surface area contributed by atoms with Crippen LogP contribution in [0.25, 0.3) is 0 Å². The van der Waals surface area contributed by atoms with E-state index in [2.05, 4.69) is 6.92 Å². The van der Waals surface area contributed by atoms with Crippen molar-refractivity contribution in [2.24, 2.45) is 13.0 Å². The van der Waals surface area contributed by atoms with Gasteiger partial charge in [0.15, 0.2) is 5.78 Å². The summed E-state index contributed by atoms with van der Waals surface area (Å²) in [6, 6.07) is 1.84. The van der Waals surface area contributed by atoms with Crippen LogP contribution in [-0.4, -0.2) is 23.1 Å². The monoisotopic (exact) mass is 235 g/mol. The lowest BCUT2D eigenvalue weighted by atomic mass is 9.89. The summed E-state index contributed by atoms with van der Waals surface area (Å²) >= 11 is 0. The van der Waals surface area contributed by atoms with Crippen LogP contribution in [0, 0.1) is 5.92 Å². The average molecular weight is 235 g/mol. The first kappa shape index (κ1) is 12.4. The van der Waals surface area contributed by atoms with Crippen LogP contribution in [0.5, 0.6) is 0 Å². The van der Waals surface area contributed by atoms with Crippen molar-refractivity contribution >= 4 is 5.78 Å². The van der Waals surface area contributed by atoms with Crippen LogP contribution < -0.4 is 0 Å². The van der Waals surface area contributed by atoms with Gasteiger partial charge in [-0.15, -0.1) is 0 Å². The van der Waals surface area contributed by atoms with Gasteiger partial charge in [0, 0.05) is 25.0 Å². The lowest BCUT2D eigenvalue weighted by molar-refractivity contribution is 0.0182. The first-order valence-corrected chi connectivity index (χ1v) is 6.42. The number of ether oxygens (including phenoxy) is 1. The SMILES string of the molecule is CC1CCCC(OCC(=O)c2ccn(C)c2)C1. The Bertz CT molecular complexity index is 383. The minimum absolute atomic E-state index is 0.0869. The Kier molecular flexibility index (Phi) is 4.00. The summed E-state index contributed by atoms with van der Waals surface area (Å²) in [7, 11) is 1.92. The summed E-state index contributed by atoms with van der Waals surface area (Å²) in [6.45, 7) is 2.48. The maximum atomic E-state index is 11.8. The molecule has 3 heteroatoms. The van der Waals surface area contributed by atoms with Crippen LogP contribution in [0.3, 0.4) is 0 Å². The molecule has 2 unspecified atom stereocenters. The summed E-state index contributed by atoms with van der Waals surface area (Å²) in [5.41, 5.74) is 0.747. The van der Waals surface area contributed by atoms with Crippen molar-refractivity contribution in [2.45, 2.75) is 38.7 Å². The predicted octanol–water partition coefficient (Wildman–Crippen LogP) is 2.80. The Morgan fingerprint density at radius 3 is 3.00 bits per heavy atom. The molecule has 0 aromatic carbocycles. The van der Waals surface area contributed by atoms with E-state index in [1.165, 1.54) is 12.8 Å². The molecule has 1 heterocycles. The van der Waals surface area contributed by atoms with Crippen LogP contribution in [0.1, 0.15) is 43.0 Å². The molecule has 0 amide bonds. The number of rotatable bonds is 4. The normalized spacial score (nSPS) is 24.8. The van der Waals surface area contributed by atoms with E-state index in [0.717, 1.165) is 24.3 Å². The number of carbonyl (C=O) groups is 1. The molecule has 1 aliphatic carbocycles. The van der Waals surface area contributed by atoms with E-state index >= 15 is 0 Å². The highest BCUT2D eigenvalue weighted by atomic mass is 16.5. The molecule has 0 spiro atoms. The molecule has 94 valence electrons. The van der Waals surface area contributed by atoms with Gasteiger partial charge in [0.05, 0.1) is 6.10 Å². The van der Waals surface area contributed by atoms with Crippen LogP contribution in [-0.2, 0) is 11.8 Å². The van der Waals surface area contributed by atoms with E-state index in [4.69, 9.17) is 4.74 Å². The molecule has 1 aliphatic rings. The molecule has 0 saturated heterocycles. The van der Waals surface area contributed by atoms with E-state index in [1.807, 2.05) is 30.1 Å². The Morgan fingerprint density at radius 1 is 1.53 bits per heavy atom. The highest BCUT2D eigenvalue weighted by Crippen LogP contribution is 2.25. The second-order valence-corrected chi connectivity index (χ2v) is 5.19. The van der Waals surface area contributed by atoms with Gasteiger partial charge in [0.1, 0.15) is 6.61 Å². The van der Waals surface area contributed by atoms with Crippen molar-refractivity contribution in [1.29, 1.82) is 0 Å². The highest BCUT2D eigenvalue weighted by Gasteiger charge is 2.20. The molecule has 17 heavy (non-hydrogen) atoms. The highest BCUT2D eigenvalue weighted by molar-refractivity contribution is 5.96. The van der Waals surface area contributed by atoms with E-state index < -0.39 is 0 Å². The fraction of sp³-hybridized carbons (Fsp3) is 0.643. The fourth-order valence-corrected chi connectivity index (χ4v) is 2.47. The van der Waals surface area contributed by atoms with Gasteiger partial charge in [-0.1, -0.05) is 19.8 Å². The van der Waals surface area contributed by atoms with Gasteiger partial charge in [-0.05, 0) is 24.8 Å². The molecule has 1 aromatic rings. The van der Waals surface area contributed by atoms with Crippen LogP contribution in [0.2, 0.25) is 0 Å². The molecule has 2 rings (SSSR count). The molecular weight excluding hydrogens is 214 g/mol. The zero-order valence-corrected chi connectivity index (χ0v) is 10.7. The second kappa shape index (κ2) is 5.50. The zero-order chi connectivity index (χ0) is 12.3. The lowest BCUT2D eigenvalue weighted by Gasteiger charge is -2.26. The Balaban J connectivity index is 1.80. The molecule has 1 fully saturated rings. The average Bonchev–Trinajstić information content (AvgIpc) is 2.73. The van der Waals surface area contributed by atoms with Crippen molar-refractivity contribution in [3.8, 4) is 0 Å². The molecule has 2 atom stereocenters. The zero-order valence-electron chi connectivity index (χ0n) is 10.7. The number of aromatic nitrogens is 1. The van der Waals surface area contributed by atoms with E-state index in [9.17, 15) is 4.79 Å². The van der Waals surface area contributed by atoms with E-state index in [0.29, 0.717) is 0 Å². The first-order chi connectivity index (χ1) is 8.15. The third kappa shape index (κ3) is 3.43. The number of Topliss-reactive ketones (excluding diaryl/α,β-unsaturated/α-hetero) is 1. The summed E-state index contributed by atoms with van der Waals surface area (Å²) in [5, 5.41) is 0. The van der Waals surface area contributed by atoms with Crippen molar-refractivity contribution in [1.82, 2.24) is 4.57 Å². The third-order valence-electron chi connectivity index (χ3n) is 3.49. The van der Waals surface area contributed by atoms with Gasteiger partial charge in [0.25, 0.3) is 0 Å². The van der Waals surface area contributed by atoms with Crippen molar-refractivity contribution in [2.75, 3.05) is 6.61 Å². The second-order valence-electron chi connectivity index (χ2n) is 5.19. The van der Waals surface area contributed by atoms with Crippen LogP contribution in [0.15, 0.2) is 18.5 Å². The van der Waals surface area contributed by atoms with Gasteiger partial charge >= 0.3 is 0 Å². The van der Waals surface area contributed by atoms with E-state index in [1.54, 1.807) is 0 Å². The van der Waals surface area contributed by atoms with Gasteiger partial charge in [-0.3, -0.25) is 4.79 Å². The topological polar surface area (TPSA) is 31.2 Å². The lowest BCUT2D eigenvalue weighted by Crippen LogP contribution is -2.24. The van der Waals surface area contributed by atoms with Crippen molar-refractivity contribution in [3.05, 3.63) is 24.0 Å². The number of ketones is 1. The summed E-state index contributed by atoms with van der Waals surface area (Å²) in [4.78, 5) is 11.8. The van der Waals surface area contributed by atoms with Crippen LogP contribution >= 0.6 is 0 Å². The molecule has 1 saturated carbocycles. The summed E-state index contributed by atoms with van der Waals surface area (Å²) in [5.74, 6) is 0.824. The van der Waals surface area contributed by atoms with E-state index in [-0.39, 0.29) is 18.5 Å². The molecular formula is C14H21NO2. The van der Waals surface area contributed by atoms with Crippen molar-refractivity contribution in [3.63, 3.8) is 0 Å². The maximum Gasteiger partial charge on any atom is 0.189 e. The minimum atomic E-state index is 0.0869. The molecule has 0 N–H and O–H groups in total.